The number of rotatable bonds is 8. The topological polar surface area (TPSA) is 34.0 Å². The Hall–Kier alpha value is -7.56. The van der Waals surface area contributed by atoms with E-state index in [9.17, 15) is 0 Å². The van der Waals surface area contributed by atoms with Crippen molar-refractivity contribution in [3.05, 3.63) is 219 Å². The highest BCUT2D eigenvalue weighted by Gasteiger charge is 2.15. The van der Waals surface area contributed by atoms with E-state index >= 15 is 0 Å². The molecule has 0 N–H and O–H groups in total. The highest BCUT2D eigenvalue weighted by atomic mass is 15.1. The van der Waals surface area contributed by atoms with E-state index in [1.807, 2.05) is 36.8 Å². The molecular weight excluding hydrogens is 681 g/mol. The molecule has 4 heteroatoms. The maximum Gasteiger partial charge on any atom is 0.0701 e. The molecule has 10 rings (SSSR count). The van der Waals surface area contributed by atoms with Crippen molar-refractivity contribution >= 4 is 38.9 Å². The van der Waals surface area contributed by atoms with Crippen LogP contribution < -0.4 is 4.90 Å². The molecular formula is C52H36N4. The van der Waals surface area contributed by atoms with Crippen LogP contribution in [0.15, 0.2) is 219 Å². The summed E-state index contributed by atoms with van der Waals surface area (Å²) >= 11 is 0. The molecule has 3 aromatic heterocycles. The Balaban J connectivity index is 0.955. The number of para-hydroxylation sites is 3. The highest BCUT2D eigenvalue weighted by Crippen LogP contribution is 2.38. The quantitative estimate of drug-likeness (QED) is 0.157. The molecule has 10 aromatic rings. The van der Waals surface area contributed by atoms with E-state index in [-0.39, 0.29) is 0 Å². The van der Waals surface area contributed by atoms with Gasteiger partial charge in [-0.3, -0.25) is 9.97 Å². The Kier molecular flexibility index (Phi) is 8.47. The van der Waals surface area contributed by atoms with Crippen molar-refractivity contribution in [3.63, 3.8) is 0 Å². The maximum absolute atomic E-state index is 4.63. The third-order valence-electron chi connectivity index (χ3n) is 10.5. The van der Waals surface area contributed by atoms with Gasteiger partial charge in [0.2, 0.25) is 0 Å². The summed E-state index contributed by atoms with van der Waals surface area (Å²) in [5.41, 5.74) is 15.7. The molecule has 0 aliphatic rings. The molecule has 0 unspecified atom stereocenters. The van der Waals surface area contributed by atoms with Gasteiger partial charge in [0.1, 0.15) is 0 Å². The van der Waals surface area contributed by atoms with E-state index in [0.717, 1.165) is 56.3 Å². The van der Waals surface area contributed by atoms with Gasteiger partial charge in [-0.2, -0.15) is 0 Å². The lowest BCUT2D eigenvalue weighted by atomic mass is 10.0. The first-order valence-electron chi connectivity index (χ1n) is 18.9. The predicted molar refractivity (Wildman–Crippen MR) is 233 cm³/mol. The molecule has 0 bridgehead atoms. The molecule has 0 aliphatic carbocycles. The van der Waals surface area contributed by atoms with Crippen LogP contribution in [0, 0.1) is 0 Å². The van der Waals surface area contributed by atoms with Gasteiger partial charge in [-0.1, -0.05) is 115 Å². The van der Waals surface area contributed by atoms with E-state index in [2.05, 4.69) is 201 Å². The number of hydrogen-bond donors (Lipinski definition) is 0. The number of fused-ring (bicyclic) bond motifs is 3. The van der Waals surface area contributed by atoms with E-state index in [1.54, 1.807) is 0 Å². The minimum atomic E-state index is 0.968. The Labute approximate surface area is 326 Å². The summed E-state index contributed by atoms with van der Waals surface area (Å²) in [5, 5.41) is 2.46. The Morgan fingerprint density at radius 2 is 0.875 bits per heavy atom. The molecule has 0 saturated carbocycles. The van der Waals surface area contributed by atoms with Gasteiger partial charge in [0.15, 0.2) is 0 Å². The second-order valence-corrected chi connectivity index (χ2v) is 13.9. The van der Waals surface area contributed by atoms with Crippen molar-refractivity contribution in [2.45, 2.75) is 0 Å². The number of benzene rings is 7. The monoisotopic (exact) mass is 716 g/mol. The van der Waals surface area contributed by atoms with Crippen LogP contribution in [0.5, 0.6) is 0 Å². The average molecular weight is 717 g/mol. The van der Waals surface area contributed by atoms with Crippen LogP contribution >= 0.6 is 0 Å². The summed E-state index contributed by atoms with van der Waals surface area (Å²) in [7, 11) is 0. The third-order valence-corrected chi connectivity index (χ3v) is 10.5. The summed E-state index contributed by atoms with van der Waals surface area (Å²) in [6.07, 6.45) is 5.70. The van der Waals surface area contributed by atoms with Gasteiger partial charge >= 0.3 is 0 Å². The Bertz CT molecular complexity index is 2880. The van der Waals surface area contributed by atoms with Crippen LogP contribution in [0.1, 0.15) is 0 Å². The standard InChI is InChI=1S/C52H36N4/c1-3-11-44(12-4-1)55(45-13-5-2-6-14-45)46-27-22-37(23-28-46)41-26-31-52-49(34-41)48-15-7-8-17-51(48)56(52)47-29-24-39(25-30-47)43-33-42(35-53-36-43)38-18-20-40(21-19-38)50-16-9-10-32-54-50/h1-36H. The lowest BCUT2D eigenvalue weighted by Crippen LogP contribution is -2.09. The Morgan fingerprint density at radius 1 is 0.357 bits per heavy atom. The fraction of sp³-hybridized carbons (Fsp3) is 0. The fourth-order valence-corrected chi connectivity index (χ4v) is 7.76. The first kappa shape index (κ1) is 33.0. The highest BCUT2D eigenvalue weighted by molar-refractivity contribution is 6.10. The smallest absolute Gasteiger partial charge is 0.0701 e. The van der Waals surface area contributed by atoms with Crippen molar-refractivity contribution in [2.75, 3.05) is 4.90 Å². The zero-order valence-electron chi connectivity index (χ0n) is 30.6. The van der Waals surface area contributed by atoms with Gasteiger partial charge in [0.25, 0.3) is 0 Å². The van der Waals surface area contributed by atoms with E-state index in [1.165, 1.54) is 32.9 Å². The first-order valence-corrected chi connectivity index (χ1v) is 18.9. The van der Waals surface area contributed by atoms with Crippen molar-refractivity contribution in [1.29, 1.82) is 0 Å². The zero-order chi connectivity index (χ0) is 37.3. The van der Waals surface area contributed by atoms with Crippen LogP contribution in [-0.2, 0) is 0 Å². The number of anilines is 3. The summed E-state index contributed by atoms with van der Waals surface area (Å²) < 4.78 is 2.37. The second kappa shape index (κ2) is 14.3. The molecule has 264 valence electrons. The van der Waals surface area contributed by atoms with Gasteiger partial charge in [-0.25, -0.2) is 0 Å². The van der Waals surface area contributed by atoms with Gasteiger partial charge in [0.05, 0.1) is 16.7 Å². The summed E-state index contributed by atoms with van der Waals surface area (Å²) in [6, 6.07) is 71.0. The largest absolute Gasteiger partial charge is 0.311 e. The van der Waals surface area contributed by atoms with Crippen LogP contribution in [-0.4, -0.2) is 14.5 Å². The SMILES string of the molecule is c1ccc(N(c2ccccc2)c2ccc(-c3ccc4c(c3)c3ccccc3n4-c3ccc(-c4cncc(-c5ccc(-c6ccccn6)cc5)c4)cc3)cc2)cc1. The molecule has 56 heavy (non-hydrogen) atoms. The summed E-state index contributed by atoms with van der Waals surface area (Å²) in [5.74, 6) is 0. The van der Waals surface area contributed by atoms with E-state index in [0.29, 0.717) is 0 Å². The number of pyridine rings is 2. The van der Waals surface area contributed by atoms with E-state index < -0.39 is 0 Å². The summed E-state index contributed by atoms with van der Waals surface area (Å²) in [6.45, 7) is 0. The van der Waals surface area contributed by atoms with Gasteiger partial charge < -0.3 is 9.47 Å². The average Bonchev–Trinajstić information content (AvgIpc) is 3.62. The normalized spacial score (nSPS) is 11.2. The lowest BCUT2D eigenvalue weighted by Gasteiger charge is -2.25. The molecule has 0 spiro atoms. The van der Waals surface area contributed by atoms with Gasteiger partial charge in [-0.05, 0) is 107 Å². The predicted octanol–water partition coefficient (Wildman–Crippen LogP) is 13.7. The lowest BCUT2D eigenvalue weighted by molar-refractivity contribution is 1.18. The number of hydrogen-bond acceptors (Lipinski definition) is 3. The number of aromatic nitrogens is 3. The molecule has 0 atom stereocenters. The van der Waals surface area contributed by atoms with Crippen LogP contribution in [0.25, 0.3) is 72.1 Å². The maximum atomic E-state index is 4.63. The Morgan fingerprint density at radius 3 is 1.54 bits per heavy atom. The molecule has 0 saturated heterocycles. The van der Waals surface area contributed by atoms with Gasteiger partial charge in [-0.15, -0.1) is 0 Å². The number of nitrogens with zero attached hydrogens (tertiary/aromatic N) is 4. The van der Waals surface area contributed by atoms with Crippen molar-refractivity contribution in [1.82, 2.24) is 14.5 Å². The minimum Gasteiger partial charge on any atom is -0.311 e. The van der Waals surface area contributed by atoms with Gasteiger partial charge in [0, 0.05) is 68.8 Å². The minimum absolute atomic E-state index is 0.968. The summed E-state index contributed by atoms with van der Waals surface area (Å²) in [4.78, 5) is 11.4. The van der Waals surface area contributed by atoms with E-state index in [4.69, 9.17) is 0 Å². The third kappa shape index (κ3) is 6.19. The van der Waals surface area contributed by atoms with Crippen LogP contribution in [0.3, 0.4) is 0 Å². The fourth-order valence-electron chi connectivity index (χ4n) is 7.76. The molecule has 0 amide bonds. The van der Waals surface area contributed by atoms with Crippen molar-refractivity contribution < 1.29 is 0 Å². The molecule has 0 fully saturated rings. The molecule has 0 aliphatic heterocycles. The van der Waals surface area contributed by atoms with Crippen molar-refractivity contribution in [2.24, 2.45) is 0 Å². The van der Waals surface area contributed by atoms with Crippen molar-refractivity contribution in [3.8, 4) is 50.3 Å². The van der Waals surface area contributed by atoms with Crippen LogP contribution in [0.2, 0.25) is 0 Å². The first-order chi connectivity index (χ1) is 27.8. The van der Waals surface area contributed by atoms with Crippen LogP contribution in [0.4, 0.5) is 17.1 Å². The molecule has 3 heterocycles. The molecule has 7 aromatic carbocycles. The molecule has 4 nitrogen and oxygen atoms in total. The zero-order valence-corrected chi connectivity index (χ0v) is 30.6. The second-order valence-electron chi connectivity index (χ2n) is 13.9. The molecule has 0 radical (unpaired) electrons.